The summed E-state index contributed by atoms with van der Waals surface area (Å²) in [5, 5.41) is 10.5. The van der Waals surface area contributed by atoms with Crippen molar-refractivity contribution in [3.05, 3.63) is 0 Å². The molecular formula is C6H12Cl2N2OPd. The monoisotopic (exact) mass is 304 g/mol. The van der Waals surface area contributed by atoms with E-state index in [4.69, 9.17) is 24.5 Å². The van der Waals surface area contributed by atoms with E-state index < -0.39 is 0 Å². The minimum absolute atomic E-state index is 0.106. The van der Waals surface area contributed by atoms with Gasteiger partial charge >= 0.3 is 35.0 Å². The minimum atomic E-state index is -0.106. The van der Waals surface area contributed by atoms with Gasteiger partial charge in [0.1, 0.15) is 0 Å². The summed E-state index contributed by atoms with van der Waals surface area (Å²) in [6, 6.07) is 0. The van der Waals surface area contributed by atoms with Gasteiger partial charge in [-0.3, -0.25) is 5.41 Å². The van der Waals surface area contributed by atoms with Crippen LogP contribution in [-0.2, 0) is 20.8 Å². The van der Waals surface area contributed by atoms with Crippen molar-refractivity contribution in [2.45, 2.75) is 27.2 Å². The molecule has 0 aromatic heterocycles. The van der Waals surface area contributed by atoms with E-state index in [1.807, 2.05) is 13.8 Å². The van der Waals surface area contributed by atoms with Crippen LogP contribution in [-0.4, -0.2) is 11.6 Å². The molecule has 0 atom stereocenters. The number of nitrogens with one attached hydrogen (secondary N) is 1. The van der Waals surface area contributed by atoms with Crippen LogP contribution in [0, 0.1) is 5.41 Å². The van der Waals surface area contributed by atoms with Crippen molar-refractivity contribution >= 4 is 30.7 Å². The van der Waals surface area contributed by atoms with Crippen LogP contribution in [0.1, 0.15) is 27.2 Å². The van der Waals surface area contributed by atoms with Crippen LogP contribution < -0.4 is 0 Å². The molecule has 3 nitrogen and oxygen atoms in total. The van der Waals surface area contributed by atoms with Crippen LogP contribution in [0.5, 0.6) is 0 Å². The van der Waals surface area contributed by atoms with Crippen molar-refractivity contribution in [1.82, 2.24) is 0 Å². The number of oxime groups is 1. The van der Waals surface area contributed by atoms with Gasteiger partial charge in [0, 0.05) is 6.92 Å². The van der Waals surface area contributed by atoms with Crippen molar-refractivity contribution in [3.8, 4) is 0 Å². The van der Waals surface area contributed by atoms with E-state index in [0.717, 1.165) is 12.1 Å². The molecule has 0 amide bonds. The van der Waals surface area contributed by atoms with Crippen molar-refractivity contribution in [1.29, 1.82) is 5.41 Å². The van der Waals surface area contributed by atoms with Gasteiger partial charge in [-0.15, -0.1) is 0 Å². The molecule has 0 saturated heterocycles. The van der Waals surface area contributed by atoms with Crippen LogP contribution in [0.3, 0.4) is 0 Å². The molecule has 0 aromatic carbocycles. The zero-order valence-corrected chi connectivity index (χ0v) is 10.2. The maximum absolute atomic E-state index is 6.83. The van der Waals surface area contributed by atoms with E-state index in [1.165, 1.54) is 0 Å². The third-order valence-corrected chi connectivity index (χ3v) is 0.850. The number of nitrogens with zero attached hydrogens (tertiary/aromatic N) is 1. The van der Waals surface area contributed by atoms with Crippen LogP contribution in [0.4, 0.5) is 0 Å². The summed E-state index contributed by atoms with van der Waals surface area (Å²) in [5.74, 6) is 0.128. The normalized spacial score (nSPS) is 10.2. The Morgan fingerprint density at radius 2 is 1.92 bits per heavy atom. The molecule has 0 fully saturated rings. The van der Waals surface area contributed by atoms with E-state index in [-0.39, 0.29) is 21.8 Å². The molecule has 0 spiro atoms. The maximum atomic E-state index is 6.83. The van der Waals surface area contributed by atoms with Gasteiger partial charge < -0.3 is 4.84 Å². The van der Waals surface area contributed by atoms with Gasteiger partial charge in [-0.2, -0.15) is 0 Å². The molecule has 0 aliphatic heterocycles. The summed E-state index contributed by atoms with van der Waals surface area (Å²) in [6.45, 7) is 5.40. The fourth-order valence-electron chi connectivity index (χ4n) is 0.211. The molecule has 0 unspecified atom stereocenters. The van der Waals surface area contributed by atoms with Gasteiger partial charge in [0.15, 0.2) is 0 Å². The van der Waals surface area contributed by atoms with Crippen LogP contribution in [0.25, 0.3) is 0 Å². The van der Waals surface area contributed by atoms with E-state index in [1.54, 1.807) is 6.92 Å². The topological polar surface area (TPSA) is 45.4 Å². The molecule has 6 heteroatoms. The Bertz CT molecular complexity index is 152. The molecule has 0 rings (SSSR count). The quantitative estimate of drug-likeness (QED) is 0.362. The molecule has 0 aliphatic rings. The molecule has 0 radical (unpaired) electrons. The molecule has 0 aliphatic carbocycles. The second-order valence-corrected chi connectivity index (χ2v) is 4.23. The van der Waals surface area contributed by atoms with Gasteiger partial charge in [0.05, 0.1) is 5.71 Å². The predicted octanol–water partition coefficient (Wildman–Crippen LogP) is 3.16. The van der Waals surface area contributed by atoms with E-state index in [0.29, 0.717) is 0 Å². The summed E-state index contributed by atoms with van der Waals surface area (Å²) < 4.78 is 0. The molecule has 1 N–H and O–H groups in total. The Balaban J connectivity index is 0. The van der Waals surface area contributed by atoms with E-state index in [9.17, 15) is 0 Å². The Morgan fingerprint density at radius 1 is 1.50 bits per heavy atom. The zero-order valence-electron chi connectivity index (χ0n) is 7.13. The van der Waals surface area contributed by atoms with Crippen molar-refractivity contribution in [2.75, 3.05) is 0 Å². The average molecular weight is 306 g/mol. The molecule has 12 heavy (non-hydrogen) atoms. The Kier molecular flexibility index (Phi) is 14.1. The van der Waals surface area contributed by atoms with Crippen LogP contribution in [0.15, 0.2) is 5.16 Å². The molecule has 0 aromatic rings. The predicted molar refractivity (Wildman–Crippen MR) is 49.6 cm³/mol. The van der Waals surface area contributed by atoms with Crippen molar-refractivity contribution in [2.24, 2.45) is 5.16 Å². The SMILES string of the molecule is CC/C(C)=N/OC(C)=N.[Cl][Pd][Cl]. The second-order valence-electron chi connectivity index (χ2n) is 1.87. The van der Waals surface area contributed by atoms with E-state index >= 15 is 0 Å². The first-order chi connectivity index (χ1) is 5.58. The first-order valence-electron chi connectivity index (χ1n) is 3.16. The van der Waals surface area contributed by atoms with Gasteiger partial charge in [-0.05, 0) is 13.3 Å². The Labute approximate surface area is 89.1 Å². The van der Waals surface area contributed by atoms with E-state index in [2.05, 4.69) is 9.99 Å². The first-order valence-corrected chi connectivity index (χ1v) is 7.16. The Hall–Kier alpha value is 0.382. The number of hydrogen-bond acceptors (Lipinski definition) is 3. The third kappa shape index (κ3) is 16.8. The van der Waals surface area contributed by atoms with Crippen molar-refractivity contribution in [3.63, 3.8) is 0 Å². The third-order valence-electron chi connectivity index (χ3n) is 0.850. The Morgan fingerprint density at radius 3 is 2.17 bits per heavy atom. The fraction of sp³-hybridized carbons (Fsp3) is 0.667. The molecule has 0 heterocycles. The summed E-state index contributed by atoms with van der Waals surface area (Å²) in [6.07, 6.45) is 0.868. The summed E-state index contributed by atoms with van der Waals surface area (Å²) in [5.41, 5.74) is 0.904. The van der Waals surface area contributed by atoms with Crippen molar-refractivity contribution < 1.29 is 20.8 Å². The molecular weight excluding hydrogens is 293 g/mol. The summed E-state index contributed by atoms with van der Waals surface area (Å²) in [7, 11) is 9.63. The zero-order chi connectivity index (χ0) is 9.98. The summed E-state index contributed by atoms with van der Waals surface area (Å²) >= 11 is -0.106. The van der Waals surface area contributed by atoms with Crippen LogP contribution >= 0.6 is 19.1 Å². The molecule has 76 valence electrons. The first kappa shape index (κ1) is 14.9. The summed E-state index contributed by atoms with van der Waals surface area (Å²) in [4.78, 5) is 4.57. The standard InChI is InChI=1S/C6H12N2O.2ClH.Pd/c1-4-5(2)8-9-6(3)7;;;/h7H,4H2,1-3H3;2*1H;/q;;;+2/p-2/b7-6?,8-5+;;;. The second kappa shape index (κ2) is 11.4. The number of hydrogen-bond donors (Lipinski definition) is 1. The number of halogens is 2. The average Bonchev–Trinajstić information content (AvgIpc) is 2.01. The number of rotatable bonds is 2. The van der Waals surface area contributed by atoms with Gasteiger partial charge in [-0.25, -0.2) is 0 Å². The van der Waals surface area contributed by atoms with Gasteiger partial charge in [-0.1, -0.05) is 12.1 Å². The van der Waals surface area contributed by atoms with Crippen LogP contribution in [0.2, 0.25) is 0 Å². The molecule has 0 bridgehead atoms. The van der Waals surface area contributed by atoms with Gasteiger partial charge in [0.25, 0.3) is 0 Å². The molecule has 0 saturated carbocycles. The van der Waals surface area contributed by atoms with Gasteiger partial charge in [0.2, 0.25) is 5.90 Å². The fourth-order valence-corrected chi connectivity index (χ4v) is 0.211.